The molecule has 1 aromatic carbocycles. The monoisotopic (exact) mass is 317 g/mol. The minimum Gasteiger partial charge on any atom is -0.370 e. The molecule has 2 rings (SSSR count). The van der Waals surface area contributed by atoms with Crippen LogP contribution in [0.3, 0.4) is 0 Å². The Morgan fingerprint density at radius 1 is 1.43 bits per heavy atom. The normalized spacial score (nSPS) is 10.6. The van der Waals surface area contributed by atoms with Crippen molar-refractivity contribution in [2.24, 2.45) is 0 Å². The summed E-state index contributed by atoms with van der Waals surface area (Å²) < 4.78 is 1.24. The maximum Gasteiger partial charge on any atom is 0.307 e. The van der Waals surface area contributed by atoms with Crippen LogP contribution in [0.15, 0.2) is 36.7 Å². The number of nitro groups is 1. The van der Waals surface area contributed by atoms with E-state index in [4.69, 9.17) is 0 Å². The van der Waals surface area contributed by atoms with E-state index in [2.05, 4.69) is 24.3 Å². The fourth-order valence-electron chi connectivity index (χ4n) is 2.04. The maximum atomic E-state index is 12.1. The van der Waals surface area contributed by atoms with Gasteiger partial charge in [-0.3, -0.25) is 19.6 Å². The number of carbonyl (C=O) groups is 1. The van der Waals surface area contributed by atoms with Gasteiger partial charge >= 0.3 is 5.69 Å². The van der Waals surface area contributed by atoms with Crippen molar-refractivity contribution in [2.75, 3.05) is 17.3 Å². The second-order valence-corrected chi connectivity index (χ2v) is 5.42. The summed E-state index contributed by atoms with van der Waals surface area (Å²) in [6, 6.07) is 7.76. The molecule has 0 aliphatic carbocycles. The highest BCUT2D eigenvalue weighted by Crippen LogP contribution is 2.26. The van der Waals surface area contributed by atoms with Gasteiger partial charge in [0.2, 0.25) is 5.91 Å². The molecule has 1 N–H and O–H groups in total. The molecule has 1 amide bonds. The zero-order valence-electron chi connectivity index (χ0n) is 13.3. The van der Waals surface area contributed by atoms with Crippen LogP contribution >= 0.6 is 0 Å². The van der Waals surface area contributed by atoms with Crippen LogP contribution in [0.2, 0.25) is 0 Å². The van der Waals surface area contributed by atoms with Gasteiger partial charge in [0.1, 0.15) is 18.9 Å². The molecule has 0 spiro atoms. The number of aromatic nitrogens is 2. The van der Waals surface area contributed by atoms with Gasteiger partial charge in [-0.05, 0) is 26.0 Å². The van der Waals surface area contributed by atoms with Crippen LogP contribution in [0.25, 0.3) is 0 Å². The zero-order valence-corrected chi connectivity index (χ0v) is 13.3. The highest BCUT2D eigenvalue weighted by molar-refractivity contribution is 5.94. The van der Waals surface area contributed by atoms with Gasteiger partial charge in [0.05, 0.1) is 16.3 Å². The summed E-state index contributed by atoms with van der Waals surface area (Å²) in [5.41, 5.74) is 1.45. The van der Waals surface area contributed by atoms with Gasteiger partial charge in [0.25, 0.3) is 0 Å². The number of hydrogen-bond acceptors (Lipinski definition) is 5. The molecule has 0 bridgehead atoms. The van der Waals surface area contributed by atoms with Crippen molar-refractivity contribution >= 4 is 23.0 Å². The summed E-state index contributed by atoms with van der Waals surface area (Å²) in [5, 5.41) is 17.3. The first-order valence-corrected chi connectivity index (χ1v) is 7.17. The summed E-state index contributed by atoms with van der Waals surface area (Å²) in [6.45, 7) is 4.02. The van der Waals surface area contributed by atoms with E-state index in [0.717, 1.165) is 11.9 Å². The van der Waals surface area contributed by atoms with Crippen LogP contribution in [0.1, 0.15) is 13.8 Å². The van der Waals surface area contributed by atoms with Crippen LogP contribution in [0, 0.1) is 10.1 Å². The van der Waals surface area contributed by atoms with Crippen molar-refractivity contribution in [2.45, 2.75) is 26.4 Å². The number of hydrogen-bond donors (Lipinski definition) is 1. The fourth-order valence-corrected chi connectivity index (χ4v) is 2.04. The minimum absolute atomic E-state index is 0.0897. The summed E-state index contributed by atoms with van der Waals surface area (Å²) >= 11 is 0. The molecule has 8 heteroatoms. The third-order valence-electron chi connectivity index (χ3n) is 3.47. The van der Waals surface area contributed by atoms with Crippen molar-refractivity contribution in [1.29, 1.82) is 0 Å². The molecular formula is C15H19N5O3. The molecule has 0 radical (unpaired) electrons. The molecule has 0 unspecified atom stereocenters. The lowest BCUT2D eigenvalue weighted by atomic mass is 10.2. The second-order valence-electron chi connectivity index (χ2n) is 5.42. The smallest absolute Gasteiger partial charge is 0.307 e. The van der Waals surface area contributed by atoms with Crippen molar-refractivity contribution in [3.05, 3.63) is 46.8 Å². The molecule has 0 fully saturated rings. The van der Waals surface area contributed by atoms with E-state index in [1.54, 1.807) is 0 Å². The van der Waals surface area contributed by atoms with Gasteiger partial charge in [-0.15, -0.1) is 0 Å². The van der Waals surface area contributed by atoms with E-state index in [1.807, 2.05) is 36.2 Å². The van der Waals surface area contributed by atoms with Crippen molar-refractivity contribution in [1.82, 2.24) is 9.78 Å². The largest absolute Gasteiger partial charge is 0.370 e. The lowest BCUT2D eigenvalue weighted by Gasteiger charge is -2.26. The number of rotatable bonds is 6. The van der Waals surface area contributed by atoms with E-state index in [-0.39, 0.29) is 24.2 Å². The number of anilines is 2. The summed E-state index contributed by atoms with van der Waals surface area (Å²) in [4.78, 5) is 24.3. The molecular weight excluding hydrogens is 298 g/mol. The van der Waals surface area contributed by atoms with Crippen molar-refractivity contribution in [3.8, 4) is 0 Å². The molecule has 122 valence electrons. The predicted molar refractivity (Wildman–Crippen MR) is 87.5 cm³/mol. The van der Waals surface area contributed by atoms with E-state index in [1.165, 1.54) is 10.9 Å². The third-order valence-corrected chi connectivity index (χ3v) is 3.47. The van der Waals surface area contributed by atoms with E-state index >= 15 is 0 Å². The second kappa shape index (κ2) is 6.91. The molecule has 8 nitrogen and oxygen atoms in total. The lowest BCUT2D eigenvalue weighted by molar-refractivity contribution is -0.385. The third kappa shape index (κ3) is 4.06. The zero-order chi connectivity index (χ0) is 17.0. The Kier molecular flexibility index (Phi) is 4.95. The number of nitrogens with zero attached hydrogens (tertiary/aromatic N) is 4. The van der Waals surface area contributed by atoms with E-state index in [0.29, 0.717) is 5.69 Å². The van der Waals surface area contributed by atoms with E-state index in [9.17, 15) is 14.9 Å². The van der Waals surface area contributed by atoms with Gasteiger partial charge in [0.15, 0.2) is 0 Å². The Bertz CT molecular complexity index is 711. The molecule has 0 aliphatic heterocycles. The van der Waals surface area contributed by atoms with Crippen LogP contribution in [0.5, 0.6) is 0 Å². The quantitative estimate of drug-likeness (QED) is 0.651. The molecule has 0 aliphatic rings. The topological polar surface area (TPSA) is 93.3 Å². The Morgan fingerprint density at radius 3 is 2.74 bits per heavy atom. The number of amides is 1. The molecule has 0 atom stereocenters. The number of para-hydroxylation sites is 2. The summed E-state index contributed by atoms with van der Waals surface area (Å²) in [6.07, 6.45) is 2.35. The van der Waals surface area contributed by atoms with Crippen LogP contribution in [0.4, 0.5) is 17.1 Å². The number of benzene rings is 1. The number of carbonyl (C=O) groups excluding carboxylic acids is 1. The average molecular weight is 317 g/mol. The number of nitrogens with one attached hydrogen (secondary N) is 1. The van der Waals surface area contributed by atoms with Crippen LogP contribution < -0.4 is 10.2 Å². The summed E-state index contributed by atoms with van der Waals surface area (Å²) in [5.74, 6) is -0.299. The standard InChI is InChI=1S/C15H19N5O3/c1-11(2)18(3)14-7-5-4-6-13(14)17-15(21)10-19-9-12(8-16-19)20(22)23/h4-9,11H,10H2,1-3H3,(H,17,21). The Hall–Kier alpha value is -2.90. The fraction of sp³-hybridized carbons (Fsp3) is 0.333. The highest BCUT2D eigenvalue weighted by Gasteiger charge is 2.14. The van der Waals surface area contributed by atoms with Crippen molar-refractivity contribution in [3.63, 3.8) is 0 Å². The van der Waals surface area contributed by atoms with Gasteiger partial charge < -0.3 is 10.2 Å². The van der Waals surface area contributed by atoms with Gasteiger partial charge in [-0.25, -0.2) is 0 Å². The Labute approximate surface area is 133 Å². The predicted octanol–water partition coefficient (Wildman–Crippen LogP) is 2.27. The van der Waals surface area contributed by atoms with Gasteiger partial charge in [0, 0.05) is 13.1 Å². The molecule has 2 aromatic rings. The average Bonchev–Trinajstić information content (AvgIpc) is 2.95. The molecule has 0 saturated heterocycles. The molecule has 23 heavy (non-hydrogen) atoms. The molecule has 1 aromatic heterocycles. The maximum absolute atomic E-state index is 12.1. The first kappa shape index (κ1) is 16.5. The van der Waals surface area contributed by atoms with Gasteiger partial charge in [-0.2, -0.15) is 5.10 Å². The van der Waals surface area contributed by atoms with Crippen LogP contribution in [-0.4, -0.2) is 33.7 Å². The Balaban J connectivity index is 2.09. The van der Waals surface area contributed by atoms with Crippen molar-refractivity contribution < 1.29 is 9.72 Å². The molecule has 1 heterocycles. The first-order chi connectivity index (χ1) is 10.9. The SMILES string of the molecule is CC(C)N(C)c1ccccc1NC(=O)Cn1cc([N+](=O)[O-])cn1. The highest BCUT2D eigenvalue weighted by atomic mass is 16.6. The minimum atomic E-state index is -0.547. The first-order valence-electron chi connectivity index (χ1n) is 7.17. The Morgan fingerprint density at radius 2 is 2.13 bits per heavy atom. The van der Waals surface area contributed by atoms with Crippen LogP contribution in [-0.2, 0) is 11.3 Å². The summed E-state index contributed by atoms with van der Waals surface area (Å²) in [7, 11) is 1.95. The lowest BCUT2D eigenvalue weighted by Crippen LogP contribution is -2.27. The molecule has 0 saturated carbocycles. The van der Waals surface area contributed by atoms with Gasteiger partial charge in [-0.1, -0.05) is 12.1 Å². The van der Waals surface area contributed by atoms with E-state index < -0.39 is 4.92 Å².